The van der Waals surface area contributed by atoms with Gasteiger partial charge in [-0.2, -0.15) is 0 Å². The fraction of sp³-hybridized carbons (Fsp3) is 0.263. The van der Waals surface area contributed by atoms with Gasteiger partial charge in [-0.3, -0.25) is 9.20 Å². The van der Waals surface area contributed by atoms with Gasteiger partial charge in [0.15, 0.2) is 0 Å². The number of hydrogen-bond acceptors (Lipinski definition) is 2. The first kappa shape index (κ1) is 15.3. The molecule has 0 spiro atoms. The minimum absolute atomic E-state index is 0.110. The van der Waals surface area contributed by atoms with Crippen LogP contribution >= 0.6 is 0 Å². The molecule has 4 heteroatoms. The van der Waals surface area contributed by atoms with E-state index in [-0.39, 0.29) is 5.91 Å². The van der Waals surface area contributed by atoms with Crippen molar-refractivity contribution in [3.05, 3.63) is 65.1 Å². The van der Waals surface area contributed by atoms with E-state index < -0.39 is 0 Å². The molecule has 0 radical (unpaired) electrons. The van der Waals surface area contributed by atoms with Crippen LogP contribution in [-0.4, -0.2) is 15.3 Å². The molecule has 118 valence electrons. The van der Waals surface area contributed by atoms with E-state index in [0.717, 1.165) is 41.0 Å². The second kappa shape index (κ2) is 6.24. The number of fused-ring (bicyclic) bond motifs is 1. The van der Waals surface area contributed by atoms with Crippen molar-refractivity contribution in [3.8, 4) is 0 Å². The largest absolute Gasteiger partial charge is 0.320 e. The highest BCUT2D eigenvalue weighted by Crippen LogP contribution is 2.20. The van der Waals surface area contributed by atoms with Gasteiger partial charge in [-0.05, 0) is 43.5 Å². The summed E-state index contributed by atoms with van der Waals surface area (Å²) in [6, 6.07) is 11.8. The zero-order valence-electron chi connectivity index (χ0n) is 13.8. The lowest BCUT2D eigenvalue weighted by Crippen LogP contribution is -2.17. The standard InChI is InChI=1S/C19H21N3O/c1-4-8-16-17(22-12-7-10-14(3)18(22)20-16)19(23)21-15-11-6-5-9-13(15)2/h5-7,9-12H,4,8H2,1-3H3,(H,21,23). The Morgan fingerprint density at radius 1 is 1.13 bits per heavy atom. The van der Waals surface area contributed by atoms with Crippen molar-refractivity contribution in [2.45, 2.75) is 33.6 Å². The van der Waals surface area contributed by atoms with Crippen molar-refractivity contribution >= 4 is 17.2 Å². The first-order valence-electron chi connectivity index (χ1n) is 7.95. The minimum Gasteiger partial charge on any atom is -0.320 e. The van der Waals surface area contributed by atoms with E-state index in [1.54, 1.807) is 0 Å². The summed E-state index contributed by atoms with van der Waals surface area (Å²) in [6.45, 7) is 6.10. The lowest BCUT2D eigenvalue weighted by Gasteiger charge is -2.09. The van der Waals surface area contributed by atoms with Crippen LogP contribution in [0.1, 0.15) is 40.7 Å². The van der Waals surface area contributed by atoms with E-state index in [9.17, 15) is 4.79 Å². The van der Waals surface area contributed by atoms with Crippen LogP contribution in [0.3, 0.4) is 0 Å². The number of imidazole rings is 1. The van der Waals surface area contributed by atoms with Crippen LogP contribution in [0, 0.1) is 13.8 Å². The smallest absolute Gasteiger partial charge is 0.274 e. The lowest BCUT2D eigenvalue weighted by atomic mass is 10.1. The van der Waals surface area contributed by atoms with Crippen LogP contribution in [0.15, 0.2) is 42.6 Å². The van der Waals surface area contributed by atoms with E-state index in [1.807, 2.05) is 60.8 Å². The van der Waals surface area contributed by atoms with Crippen molar-refractivity contribution in [2.24, 2.45) is 0 Å². The first-order valence-corrected chi connectivity index (χ1v) is 7.95. The first-order chi connectivity index (χ1) is 11.1. The average Bonchev–Trinajstić information content (AvgIpc) is 2.90. The highest BCUT2D eigenvalue weighted by atomic mass is 16.2. The summed E-state index contributed by atoms with van der Waals surface area (Å²) < 4.78 is 1.90. The van der Waals surface area contributed by atoms with Crippen LogP contribution in [0.2, 0.25) is 0 Å². The molecule has 3 aromatic rings. The monoisotopic (exact) mass is 307 g/mol. The second-order valence-corrected chi connectivity index (χ2v) is 5.81. The number of amides is 1. The third kappa shape index (κ3) is 2.84. The molecule has 23 heavy (non-hydrogen) atoms. The number of nitrogens with zero attached hydrogens (tertiary/aromatic N) is 2. The number of rotatable bonds is 4. The molecule has 1 N–H and O–H groups in total. The van der Waals surface area contributed by atoms with Gasteiger partial charge in [-0.25, -0.2) is 4.98 Å². The molecule has 2 heterocycles. The number of anilines is 1. The van der Waals surface area contributed by atoms with Crippen molar-refractivity contribution in [1.29, 1.82) is 0 Å². The quantitative estimate of drug-likeness (QED) is 0.787. The summed E-state index contributed by atoms with van der Waals surface area (Å²) in [5, 5.41) is 3.02. The Hall–Kier alpha value is -2.62. The molecule has 1 aromatic carbocycles. The average molecular weight is 307 g/mol. The van der Waals surface area contributed by atoms with Gasteiger partial charge in [0, 0.05) is 11.9 Å². The summed E-state index contributed by atoms with van der Waals surface area (Å²) in [7, 11) is 0. The maximum atomic E-state index is 12.9. The lowest BCUT2D eigenvalue weighted by molar-refractivity contribution is 0.102. The molecular weight excluding hydrogens is 286 g/mol. The Balaban J connectivity index is 2.07. The SMILES string of the molecule is CCCc1nc2c(C)cccn2c1C(=O)Nc1ccccc1C. The molecule has 2 aromatic heterocycles. The molecular formula is C19H21N3O. The van der Waals surface area contributed by atoms with E-state index in [4.69, 9.17) is 0 Å². The summed E-state index contributed by atoms with van der Waals surface area (Å²) in [5.74, 6) is -0.110. The number of nitrogens with one attached hydrogen (secondary N) is 1. The van der Waals surface area contributed by atoms with E-state index in [1.165, 1.54) is 0 Å². The number of pyridine rings is 1. The Morgan fingerprint density at radius 3 is 2.61 bits per heavy atom. The number of aryl methyl sites for hydroxylation is 3. The zero-order valence-corrected chi connectivity index (χ0v) is 13.8. The number of hydrogen-bond donors (Lipinski definition) is 1. The van der Waals surface area contributed by atoms with Gasteiger partial charge in [0.25, 0.3) is 5.91 Å². The second-order valence-electron chi connectivity index (χ2n) is 5.81. The highest BCUT2D eigenvalue weighted by molar-refractivity contribution is 6.05. The van der Waals surface area contributed by atoms with Crippen molar-refractivity contribution in [1.82, 2.24) is 9.38 Å². The van der Waals surface area contributed by atoms with Crippen LogP contribution in [0.25, 0.3) is 5.65 Å². The van der Waals surface area contributed by atoms with Crippen LogP contribution in [0.5, 0.6) is 0 Å². The van der Waals surface area contributed by atoms with E-state index in [2.05, 4.69) is 17.2 Å². The Kier molecular flexibility index (Phi) is 4.15. The van der Waals surface area contributed by atoms with Gasteiger partial charge >= 0.3 is 0 Å². The van der Waals surface area contributed by atoms with Gasteiger partial charge in [-0.15, -0.1) is 0 Å². The molecule has 0 aliphatic carbocycles. The molecule has 0 saturated heterocycles. The third-order valence-electron chi connectivity index (χ3n) is 4.01. The predicted octanol–water partition coefficient (Wildman–Crippen LogP) is 4.16. The van der Waals surface area contributed by atoms with Crippen LogP contribution in [-0.2, 0) is 6.42 Å². The molecule has 0 saturated carbocycles. The Bertz CT molecular complexity index is 864. The molecule has 1 amide bonds. The number of benzene rings is 1. The fourth-order valence-electron chi connectivity index (χ4n) is 2.80. The minimum atomic E-state index is -0.110. The summed E-state index contributed by atoms with van der Waals surface area (Å²) >= 11 is 0. The Morgan fingerprint density at radius 2 is 1.87 bits per heavy atom. The topological polar surface area (TPSA) is 46.4 Å². The number of carbonyl (C=O) groups excluding carboxylic acids is 1. The molecule has 4 nitrogen and oxygen atoms in total. The van der Waals surface area contributed by atoms with Gasteiger partial charge in [-0.1, -0.05) is 37.6 Å². The molecule has 0 aliphatic heterocycles. The van der Waals surface area contributed by atoms with E-state index in [0.29, 0.717) is 5.69 Å². The molecule has 0 unspecified atom stereocenters. The maximum Gasteiger partial charge on any atom is 0.274 e. The zero-order chi connectivity index (χ0) is 16.4. The van der Waals surface area contributed by atoms with Crippen LogP contribution in [0.4, 0.5) is 5.69 Å². The van der Waals surface area contributed by atoms with Gasteiger partial charge in [0.05, 0.1) is 5.69 Å². The third-order valence-corrected chi connectivity index (χ3v) is 4.01. The highest BCUT2D eigenvalue weighted by Gasteiger charge is 2.20. The molecule has 0 aliphatic rings. The normalized spacial score (nSPS) is 10.9. The fourth-order valence-corrected chi connectivity index (χ4v) is 2.80. The van der Waals surface area contributed by atoms with Gasteiger partial charge in [0.2, 0.25) is 0 Å². The van der Waals surface area contributed by atoms with Crippen molar-refractivity contribution in [2.75, 3.05) is 5.32 Å². The predicted molar refractivity (Wildman–Crippen MR) is 93.1 cm³/mol. The Labute approximate surface area is 136 Å². The number of carbonyl (C=O) groups is 1. The summed E-state index contributed by atoms with van der Waals surface area (Å²) in [6.07, 6.45) is 3.65. The number of aromatic nitrogens is 2. The van der Waals surface area contributed by atoms with Gasteiger partial charge in [0.1, 0.15) is 11.3 Å². The maximum absolute atomic E-state index is 12.9. The van der Waals surface area contributed by atoms with Crippen molar-refractivity contribution < 1.29 is 4.79 Å². The molecule has 0 atom stereocenters. The van der Waals surface area contributed by atoms with Crippen LogP contribution < -0.4 is 5.32 Å². The van der Waals surface area contributed by atoms with Gasteiger partial charge < -0.3 is 5.32 Å². The summed E-state index contributed by atoms with van der Waals surface area (Å²) in [5.41, 5.74) is 5.29. The van der Waals surface area contributed by atoms with E-state index >= 15 is 0 Å². The molecule has 0 bridgehead atoms. The molecule has 0 fully saturated rings. The molecule has 3 rings (SSSR count). The number of para-hydroxylation sites is 1. The summed E-state index contributed by atoms with van der Waals surface area (Å²) in [4.78, 5) is 17.6. The van der Waals surface area contributed by atoms with Crippen molar-refractivity contribution in [3.63, 3.8) is 0 Å².